The van der Waals surface area contributed by atoms with E-state index >= 15 is 0 Å². The van der Waals surface area contributed by atoms with Gasteiger partial charge in [0.25, 0.3) is 0 Å². The summed E-state index contributed by atoms with van der Waals surface area (Å²) in [5.41, 5.74) is 6.91. The zero-order valence-corrected chi connectivity index (χ0v) is 10.2. The van der Waals surface area contributed by atoms with Crippen molar-refractivity contribution >= 4 is 11.6 Å². The Morgan fingerprint density at radius 3 is 2.81 bits per heavy atom. The molecule has 88 valence electrons. The second-order valence-electron chi connectivity index (χ2n) is 4.78. The van der Waals surface area contributed by atoms with Crippen LogP contribution in [-0.4, -0.2) is 6.54 Å². The van der Waals surface area contributed by atoms with Gasteiger partial charge in [-0.25, -0.2) is 4.39 Å². The van der Waals surface area contributed by atoms with Crippen molar-refractivity contribution in [2.24, 2.45) is 11.7 Å². The third kappa shape index (κ3) is 1.74. The molecule has 0 aliphatic heterocycles. The Morgan fingerprint density at radius 1 is 1.56 bits per heavy atom. The van der Waals surface area contributed by atoms with E-state index in [2.05, 4.69) is 6.92 Å². The van der Waals surface area contributed by atoms with Crippen molar-refractivity contribution in [3.63, 3.8) is 0 Å². The highest BCUT2D eigenvalue weighted by Crippen LogP contribution is 2.47. The maximum absolute atomic E-state index is 13.0. The average Bonchev–Trinajstić information content (AvgIpc) is 2.61. The topological polar surface area (TPSA) is 26.0 Å². The predicted molar refractivity (Wildman–Crippen MR) is 65.2 cm³/mol. The lowest BCUT2D eigenvalue weighted by atomic mass is 9.73. The van der Waals surface area contributed by atoms with E-state index in [4.69, 9.17) is 17.3 Å². The van der Waals surface area contributed by atoms with Crippen LogP contribution >= 0.6 is 11.6 Å². The van der Waals surface area contributed by atoms with Gasteiger partial charge in [0, 0.05) is 17.0 Å². The molecule has 1 nitrogen and oxygen atoms in total. The third-order valence-corrected chi connectivity index (χ3v) is 4.35. The molecule has 0 heterocycles. The van der Waals surface area contributed by atoms with E-state index < -0.39 is 0 Å². The summed E-state index contributed by atoms with van der Waals surface area (Å²) >= 11 is 6.15. The van der Waals surface area contributed by atoms with E-state index in [9.17, 15) is 4.39 Å². The van der Waals surface area contributed by atoms with Crippen LogP contribution in [0.1, 0.15) is 31.7 Å². The summed E-state index contributed by atoms with van der Waals surface area (Å²) in [7, 11) is 0. The monoisotopic (exact) mass is 241 g/mol. The minimum atomic E-state index is -0.286. The zero-order chi connectivity index (χ0) is 11.8. The summed E-state index contributed by atoms with van der Waals surface area (Å²) in [5.74, 6) is 0.229. The summed E-state index contributed by atoms with van der Waals surface area (Å²) in [6.07, 6.45) is 3.40. The number of halogens is 2. The van der Waals surface area contributed by atoms with E-state index in [0.29, 0.717) is 17.5 Å². The van der Waals surface area contributed by atoms with E-state index in [-0.39, 0.29) is 11.2 Å². The number of benzene rings is 1. The Morgan fingerprint density at radius 2 is 2.31 bits per heavy atom. The first-order valence-electron chi connectivity index (χ1n) is 5.76. The van der Waals surface area contributed by atoms with E-state index in [1.165, 1.54) is 25.0 Å². The molecule has 16 heavy (non-hydrogen) atoms. The fraction of sp³-hybridized carbons (Fsp3) is 0.538. The molecule has 1 aromatic carbocycles. The molecule has 1 aliphatic rings. The quantitative estimate of drug-likeness (QED) is 0.843. The standard InChI is InChI=1S/C13H17ClFN/c1-9-3-2-6-13(9,8-16)11-5-4-10(15)7-12(11)14/h4-5,7,9H,2-3,6,8,16H2,1H3. The molecular formula is C13H17ClFN. The lowest BCUT2D eigenvalue weighted by Crippen LogP contribution is -2.37. The Bertz CT molecular complexity index is 394. The van der Waals surface area contributed by atoms with Gasteiger partial charge in [-0.05, 0) is 36.5 Å². The molecule has 1 aliphatic carbocycles. The average molecular weight is 242 g/mol. The maximum Gasteiger partial charge on any atom is 0.124 e. The smallest absolute Gasteiger partial charge is 0.124 e. The molecule has 2 atom stereocenters. The first-order valence-corrected chi connectivity index (χ1v) is 6.13. The summed E-state index contributed by atoms with van der Waals surface area (Å²) in [4.78, 5) is 0. The Labute approximate surface area is 101 Å². The Kier molecular flexibility index (Phi) is 3.22. The second kappa shape index (κ2) is 4.34. The van der Waals surface area contributed by atoms with Crippen LogP contribution in [0, 0.1) is 11.7 Å². The van der Waals surface area contributed by atoms with Gasteiger partial charge in [-0.3, -0.25) is 0 Å². The zero-order valence-electron chi connectivity index (χ0n) is 9.47. The molecule has 1 saturated carbocycles. The molecule has 0 spiro atoms. The lowest BCUT2D eigenvalue weighted by molar-refractivity contribution is 0.346. The molecular weight excluding hydrogens is 225 g/mol. The van der Waals surface area contributed by atoms with Gasteiger partial charge in [-0.2, -0.15) is 0 Å². The predicted octanol–water partition coefficient (Wildman–Crippen LogP) is 3.50. The van der Waals surface area contributed by atoms with Crippen molar-refractivity contribution < 1.29 is 4.39 Å². The Balaban J connectivity index is 2.48. The fourth-order valence-electron chi connectivity index (χ4n) is 2.95. The normalized spacial score (nSPS) is 29.6. The van der Waals surface area contributed by atoms with E-state index in [1.807, 2.05) is 0 Å². The molecule has 2 rings (SSSR count). The lowest BCUT2D eigenvalue weighted by Gasteiger charge is -2.34. The van der Waals surface area contributed by atoms with E-state index in [0.717, 1.165) is 12.0 Å². The molecule has 0 aromatic heterocycles. The summed E-state index contributed by atoms with van der Waals surface area (Å²) in [6.45, 7) is 2.79. The van der Waals surface area contributed by atoms with Crippen molar-refractivity contribution in [3.05, 3.63) is 34.6 Å². The Hall–Kier alpha value is -0.600. The highest BCUT2D eigenvalue weighted by molar-refractivity contribution is 6.31. The molecule has 1 aromatic rings. The van der Waals surface area contributed by atoms with Crippen molar-refractivity contribution in [3.8, 4) is 0 Å². The molecule has 2 N–H and O–H groups in total. The van der Waals surface area contributed by atoms with Gasteiger partial charge in [-0.1, -0.05) is 31.0 Å². The maximum atomic E-state index is 13.0. The fourth-order valence-corrected chi connectivity index (χ4v) is 3.31. The number of hydrogen-bond donors (Lipinski definition) is 1. The minimum absolute atomic E-state index is 0.0508. The van der Waals surface area contributed by atoms with Crippen molar-refractivity contribution in [2.45, 2.75) is 31.6 Å². The van der Waals surface area contributed by atoms with Crippen LogP contribution < -0.4 is 5.73 Å². The largest absolute Gasteiger partial charge is 0.330 e. The molecule has 0 radical (unpaired) electrons. The van der Waals surface area contributed by atoms with Crippen molar-refractivity contribution in [1.29, 1.82) is 0 Å². The van der Waals surface area contributed by atoms with Crippen LogP contribution in [0.15, 0.2) is 18.2 Å². The SMILES string of the molecule is CC1CCCC1(CN)c1ccc(F)cc1Cl. The van der Waals surface area contributed by atoms with Crippen molar-refractivity contribution in [2.75, 3.05) is 6.54 Å². The van der Waals surface area contributed by atoms with Gasteiger partial charge in [0.2, 0.25) is 0 Å². The first-order chi connectivity index (χ1) is 7.60. The number of hydrogen-bond acceptors (Lipinski definition) is 1. The van der Waals surface area contributed by atoms with Crippen LogP contribution in [0.25, 0.3) is 0 Å². The van der Waals surface area contributed by atoms with Crippen molar-refractivity contribution in [1.82, 2.24) is 0 Å². The summed E-state index contributed by atoms with van der Waals surface area (Å²) in [6, 6.07) is 4.66. The van der Waals surface area contributed by atoms with Crippen LogP contribution in [0.5, 0.6) is 0 Å². The highest BCUT2D eigenvalue weighted by atomic mass is 35.5. The van der Waals surface area contributed by atoms with Crippen LogP contribution in [-0.2, 0) is 5.41 Å². The van der Waals surface area contributed by atoms with Crippen LogP contribution in [0.2, 0.25) is 5.02 Å². The van der Waals surface area contributed by atoms with Gasteiger partial charge < -0.3 is 5.73 Å². The molecule has 1 fully saturated rings. The highest BCUT2D eigenvalue weighted by Gasteiger charge is 2.41. The number of rotatable bonds is 2. The molecule has 3 heteroatoms. The van der Waals surface area contributed by atoms with Gasteiger partial charge in [0.1, 0.15) is 5.82 Å². The van der Waals surface area contributed by atoms with Crippen LogP contribution in [0.3, 0.4) is 0 Å². The summed E-state index contributed by atoms with van der Waals surface area (Å²) < 4.78 is 13.0. The minimum Gasteiger partial charge on any atom is -0.330 e. The first kappa shape index (κ1) is 11.9. The van der Waals surface area contributed by atoms with Gasteiger partial charge in [0.15, 0.2) is 0 Å². The van der Waals surface area contributed by atoms with Gasteiger partial charge in [-0.15, -0.1) is 0 Å². The van der Waals surface area contributed by atoms with Crippen LogP contribution in [0.4, 0.5) is 4.39 Å². The molecule has 2 unspecified atom stereocenters. The van der Waals surface area contributed by atoms with Gasteiger partial charge in [0.05, 0.1) is 0 Å². The molecule has 0 amide bonds. The molecule has 0 saturated heterocycles. The number of nitrogens with two attached hydrogens (primary N) is 1. The van der Waals surface area contributed by atoms with Gasteiger partial charge >= 0.3 is 0 Å². The second-order valence-corrected chi connectivity index (χ2v) is 5.18. The summed E-state index contributed by atoms with van der Waals surface area (Å²) in [5, 5.41) is 0.513. The molecule has 0 bridgehead atoms. The van der Waals surface area contributed by atoms with E-state index in [1.54, 1.807) is 6.07 Å². The third-order valence-electron chi connectivity index (χ3n) is 4.04.